The number of nitrogens with zero attached hydrogens (tertiary/aromatic N) is 2. The standard InChI is InChI=1S/C15H17FN2O2/c1-15(14(19)20)6-2-3-7-18(15)10-12-5-4-11(9-17)8-13(12)16/h4-5,8H,2-3,6-7,10H2,1H3,(H,19,20). The van der Waals surface area contributed by atoms with Crippen LogP contribution in [0, 0.1) is 17.1 Å². The van der Waals surface area contributed by atoms with Gasteiger partial charge in [-0.2, -0.15) is 5.26 Å². The van der Waals surface area contributed by atoms with Gasteiger partial charge in [0.25, 0.3) is 0 Å². The zero-order valence-corrected chi connectivity index (χ0v) is 11.4. The van der Waals surface area contributed by atoms with Crippen molar-refractivity contribution >= 4 is 5.97 Å². The van der Waals surface area contributed by atoms with Crippen molar-refractivity contribution < 1.29 is 14.3 Å². The number of carboxylic acids is 1. The zero-order chi connectivity index (χ0) is 14.8. The van der Waals surface area contributed by atoms with Gasteiger partial charge in [-0.15, -0.1) is 0 Å². The van der Waals surface area contributed by atoms with Gasteiger partial charge in [-0.05, 0) is 44.9 Å². The first-order valence-electron chi connectivity index (χ1n) is 6.64. The molecule has 0 amide bonds. The molecule has 1 atom stereocenters. The van der Waals surface area contributed by atoms with E-state index in [4.69, 9.17) is 5.26 Å². The van der Waals surface area contributed by atoms with Gasteiger partial charge in [0, 0.05) is 12.1 Å². The van der Waals surface area contributed by atoms with Crippen molar-refractivity contribution in [3.8, 4) is 6.07 Å². The van der Waals surface area contributed by atoms with E-state index in [2.05, 4.69) is 0 Å². The average Bonchev–Trinajstić information content (AvgIpc) is 2.43. The molecule has 1 heterocycles. The van der Waals surface area contributed by atoms with Crippen LogP contribution in [0.4, 0.5) is 4.39 Å². The molecule has 106 valence electrons. The van der Waals surface area contributed by atoms with Gasteiger partial charge < -0.3 is 5.11 Å². The summed E-state index contributed by atoms with van der Waals surface area (Å²) in [7, 11) is 0. The molecule has 1 unspecified atom stereocenters. The maximum absolute atomic E-state index is 13.9. The molecule has 4 nitrogen and oxygen atoms in total. The molecule has 2 rings (SSSR count). The lowest BCUT2D eigenvalue weighted by Gasteiger charge is -2.41. The second-order valence-corrected chi connectivity index (χ2v) is 5.38. The number of halogens is 1. The third-order valence-electron chi connectivity index (χ3n) is 4.04. The van der Waals surface area contributed by atoms with Gasteiger partial charge in [-0.1, -0.05) is 6.07 Å². The third kappa shape index (κ3) is 2.66. The molecule has 20 heavy (non-hydrogen) atoms. The van der Waals surface area contributed by atoms with E-state index in [1.807, 2.05) is 11.0 Å². The van der Waals surface area contributed by atoms with Gasteiger partial charge in [-0.3, -0.25) is 9.69 Å². The molecule has 1 aliphatic rings. The first-order valence-corrected chi connectivity index (χ1v) is 6.64. The van der Waals surface area contributed by atoms with E-state index in [1.54, 1.807) is 19.1 Å². The van der Waals surface area contributed by atoms with E-state index < -0.39 is 17.3 Å². The molecule has 0 aliphatic carbocycles. The molecule has 1 N–H and O–H groups in total. The van der Waals surface area contributed by atoms with E-state index in [1.165, 1.54) is 6.07 Å². The van der Waals surface area contributed by atoms with Crippen molar-refractivity contribution in [1.29, 1.82) is 5.26 Å². The van der Waals surface area contributed by atoms with Crippen LogP contribution < -0.4 is 0 Å². The minimum Gasteiger partial charge on any atom is -0.480 e. The highest BCUT2D eigenvalue weighted by atomic mass is 19.1. The van der Waals surface area contributed by atoms with Gasteiger partial charge in [0.15, 0.2) is 0 Å². The lowest BCUT2D eigenvalue weighted by Crippen LogP contribution is -2.54. The predicted octanol–water partition coefficient (Wildman–Crippen LogP) is 2.53. The molecule has 1 aromatic rings. The average molecular weight is 276 g/mol. The molecule has 1 fully saturated rings. The molecule has 1 aliphatic heterocycles. The lowest BCUT2D eigenvalue weighted by molar-refractivity contribution is -0.153. The molecule has 5 heteroatoms. The Labute approximate surface area is 117 Å². The van der Waals surface area contributed by atoms with Crippen LogP contribution in [0.25, 0.3) is 0 Å². The molecular formula is C15H17FN2O2. The second kappa shape index (κ2) is 5.59. The predicted molar refractivity (Wildman–Crippen MR) is 71.4 cm³/mol. The highest BCUT2D eigenvalue weighted by molar-refractivity contribution is 5.78. The monoisotopic (exact) mass is 276 g/mol. The largest absolute Gasteiger partial charge is 0.480 e. The van der Waals surface area contributed by atoms with E-state index in [0.717, 1.165) is 12.8 Å². The number of benzene rings is 1. The fourth-order valence-electron chi connectivity index (χ4n) is 2.62. The van der Waals surface area contributed by atoms with Crippen molar-refractivity contribution in [2.75, 3.05) is 6.54 Å². The summed E-state index contributed by atoms with van der Waals surface area (Å²) >= 11 is 0. The maximum Gasteiger partial charge on any atom is 0.323 e. The number of carbonyl (C=O) groups is 1. The summed E-state index contributed by atoms with van der Waals surface area (Å²) in [5.41, 5.74) is -0.247. The van der Waals surface area contributed by atoms with Crippen molar-refractivity contribution in [2.24, 2.45) is 0 Å². The van der Waals surface area contributed by atoms with Crippen LogP contribution in [-0.2, 0) is 11.3 Å². The molecule has 1 saturated heterocycles. The van der Waals surface area contributed by atoms with Crippen molar-refractivity contribution in [1.82, 2.24) is 4.90 Å². The van der Waals surface area contributed by atoms with E-state index in [-0.39, 0.29) is 12.1 Å². The number of aliphatic carboxylic acids is 1. The fourth-order valence-corrected chi connectivity index (χ4v) is 2.62. The molecule has 0 spiro atoms. The van der Waals surface area contributed by atoms with Crippen LogP contribution >= 0.6 is 0 Å². The third-order valence-corrected chi connectivity index (χ3v) is 4.04. The smallest absolute Gasteiger partial charge is 0.323 e. The van der Waals surface area contributed by atoms with Gasteiger partial charge in [0.2, 0.25) is 0 Å². The van der Waals surface area contributed by atoms with Crippen LogP contribution in [-0.4, -0.2) is 28.1 Å². The van der Waals surface area contributed by atoms with Gasteiger partial charge in [0.05, 0.1) is 11.6 Å². The summed E-state index contributed by atoms with van der Waals surface area (Å²) in [5.74, 6) is -1.33. The molecule has 0 saturated carbocycles. The number of hydrogen-bond donors (Lipinski definition) is 1. The Morgan fingerprint density at radius 3 is 2.90 bits per heavy atom. The van der Waals surface area contributed by atoms with Crippen LogP contribution in [0.2, 0.25) is 0 Å². The minimum absolute atomic E-state index is 0.250. The Morgan fingerprint density at radius 1 is 1.55 bits per heavy atom. The summed E-state index contributed by atoms with van der Waals surface area (Å²) in [5, 5.41) is 18.1. The molecular weight excluding hydrogens is 259 g/mol. The topological polar surface area (TPSA) is 64.3 Å². The highest BCUT2D eigenvalue weighted by Crippen LogP contribution is 2.30. The second-order valence-electron chi connectivity index (χ2n) is 5.38. The first kappa shape index (κ1) is 14.5. The van der Waals surface area contributed by atoms with Gasteiger partial charge in [0.1, 0.15) is 11.4 Å². The number of nitriles is 1. The van der Waals surface area contributed by atoms with E-state index >= 15 is 0 Å². The van der Waals surface area contributed by atoms with Crippen LogP contribution in [0.1, 0.15) is 37.3 Å². The van der Waals surface area contributed by atoms with E-state index in [9.17, 15) is 14.3 Å². The lowest BCUT2D eigenvalue weighted by atomic mass is 9.88. The normalized spacial score (nSPS) is 23.2. The summed E-state index contributed by atoms with van der Waals surface area (Å²) in [6.45, 7) is 2.58. The first-order chi connectivity index (χ1) is 9.47. The summed E-state index contributed by atoms with van der Waals surface area (Å²) in [6.07, 6.45) is 2.36. The van der Waals surface area contributed by atoms with Crippen molar-refractivity contribution in [3.05, 3.63) is 35.1 Å². The molecule has 0 aromatic heterocycles. The number of rotatable bonds is 3. The van der Waals surface area contributed by atoms with Gasteiger partial charge >= 0.3 is 5.97 Å². The summed E-state index contributed by atoms with van der Waals surface area (Å²) in [6, 6.07) is 6.19. The van der Waals surface area contributed by atoms with E-state index in [0.29, 0.717) is 18.5 Å². The molecule has 0 radical (unpaired) electrons. The van der Waals surface area contributed by atoms with Gasteiger partial charge in [-0.25, -0.2) is 4.39 Å². The Balaban J connectivity index is 2.24. The van der Waals surface area contributed by atoms with Crippen LogP contribution in [0.15, 0.2) is 18.2 Å². The Morgan fingerprint density at radius 2 is 2.30 bits per heavy atom. The molecule has 1 aromatic carbocycles. The van der Waals surface area contributed by atoms with Crippen molar-refractivity contribution in [2.45, 2.75) is 38.3 Å². The zero-order valence-electron chi connectivity index (χ0n) is 11.4. The summed E-state index contributed by atoms with van der Waals surface area (Å²) in [4.78, 5) is 13.3. The van der Waals surface area contributed by atoms with Crippen LogP contribution in [0.3, 0.4) is 0 Å². The number of likely N-dealkylation sites (tertiary alicyclic amines) is 1. The molecule has 0 bridgehead atoms. The maximum atomic E-state index is 13.9. The van der Waals surface area contributed by atoms with Crippen molar-refractivity contribution in [3.63, 3.8) is 0 Å². The Bertz CT molecular complexity index is 567. The summed E-state index contributed by atoms with van der Waals surface area (Å²) < 4.78 is 13.9. The number of hydrogen-bond acceptors (Lipinski definition) is 3. The Kier molecular flexibility index (Phi) is 4.05. The SMILES string of the molecule is CC1(C(=O)O)CCCCN1Cc1ccc(C#N)cc1F. The van der Waals surface area contributed by atoms with Crippen LogP contribution in [0.5, 0.6) is 0 Å². The number of piperidine rings is 1. The number of carboxylic acid groups (broad SMARTS) is 1. The fraction of sp³-hybridized carbons (Fsp3) is 0.467. The minimum atomic E-state index is -0.946. The highest BCUT2D eigenvalue weighted by Gasteiger charge is 2.41. The Hall–Kier alpha value is -1.93. The quantitative estimate of drug-likeness (QED) is 0.921.